The first-order valence-corrected chi connectivity index (χ1v) is 10.6. The summed E-state index contributed by atoms with van der Waals surface area (Å²) in [5, 5.41) is 3.56. The zero-order valence-corrected chi connectivity index (χ0v) is 16.7. The van der Waals surface area contributed by atoms with E-state index in [1.807, 2.05) is 59.5 Å². The first-order valence-electron chi connectivity index (χ1n) is 9.42. The monoisotopic (exact) mass is 404 g/mol. The molecule has 0 bridgehead atoms. The van der Waals surface area contributed by atoms with Crippen molar-refractivity contribution in [3.8, 4) is 11.5 Å². The van der Waals surface area contributed by atoms with E-state index in [9.17, 15) is 4.79 Å². The van der Waals surface area contributed by atoms with Gasteiger partial charge in [0.1, 0.15) is 6.17 Å². The van der Waals surface area contributed by atoms with Crippen molar-refractivity contribution in [3.05, 3.63) is 83.4 Å². The summed E-state index contributed by atoms with van der Waals surface area (Å²) in [7, 11) is 0. The van der Waals surface area contributed by atoms with E-state index in [-0.39, 0.29) is 18.9 Å². The molecule has 3 aromatic rings. The third-order valence-electron chi connectivity index (χ3n) is 5.22. The van der Waals surface area contributed by atoms with Gasteiger partial charge in [-0.3, -0.25) is 4.79 Å². The van der Waals surface area contributed by atoms with Gasteiger partial charge in [-0.15, -0.1) is 11.8 Å². The van der Waals surface area contributed by atoms with Gasteiger partial charge in [-0.2, -0.15) is 0 Å². The van der Waals surface area contributed by atoms with Crippen LogP contribution in [0.1, 0.15) is 27.7 Å². The van der Waals surface area contributed by atoms with Crippen LogP contribution >= 0.6 is 11.8 Å². The molecule has 2 aliphatic rings. The Balaban J connectivity index is 1.48. The van der Waals surface area contributed by atoms with Crippen LogP contribution < -0.4 is 14.8 Å². The maximum Gasteiger partial charge on any atom is 0.256 e. The predicted molar refractivity (Wildman–Crippen MR) is 113 cm³/mol. The number of thioether (sulfide) groups is 1. The molecule has 0 spiro atoms. The zero-order chi connectivity index (χ0) is 19.8. The summed E-state index contributed by atoms with van der Waals surface area (Å²) in [4.78, 5) is 16.2. The van der Waals surface area contributed by atoms with Crippen molar-refractivity contribution in [1.82, 2.24) is 4.90 Å². The van der Waals surface area contributed by atoms with Crippen LogP contribution in [0.4, 0.5) is 5.69 Å². The summed E-state index contributed by atoms with van der Waals surface area (Å²) in [6.07, 6.45) is 1.82. The Bertz CT molecular complexity index is 1090. The maximum atomic E-state index is 13.2. The molecule has 1 N–H and O–H groups in total. The number of nitrogens with one attached hydrogen (secondary N) is 1. The fourth-order valence-electron chi connectivity index (χ4n) is 3.80. The molecule has 5 rings (SSSR count). The molecular formula is C23H20N2O3S. The summed E-state index contributed by atoms with van der Waals surface area (Å²) in [5.41, 5.74) is 3.72. The quantitative estimate of drug-likeness (QED) is 0.613. The minimum absolute atomic E-state index is 0.0248. The molecule has 0 aromatic heterocycles. The van der Waals surface area contributed by atoms with E-state index in [0.29, 0.717) is 6.54 Å². The molecule has 0 fully saturated rings. The van der Waals surface area contributed by atoms with Crippen molar-refractivity contribution in [1.29, 1.82) is 0 Å². The fourth-order valence-corrected chi connectivity index (χ4v) is 4.26. The third-order valence-corrected chi connectivity index (χ3v) is 5.95. The predicted octanol–water partition coefficient (Wildman–Crippen LogP) is 4.90. The number of carbonyl (C=O) groups excluding carboxylic acids is 1. The Kier molecular flexibility index (Phi) is 4.56. The van der Waals surface area contributed by atoms with E-state index in [1.165, 1.54) is 4.90 Å². The maximum absolute atomic E-state index is 13.2. The molecule has 0 saturated heterocycles. The first-order chi connectivity index (χ1) is 14.2. The molecule has 6 heteroatoms. The highest BCUT2D eigenvalue weighted by atomic mass is 32.2. The Morgan fingerprint density at radius 1 is 1.03 bits per heavy atom. The molecule has 0 aliphatic carbocycles. The van der Waals surface area contributed by atoms with Crippen LogP contribution in [0.25, 0.3) is 0 Å². The summed E-state index contributed by atoms with van der Waals surface area (Å²) < 4.78 is 10.9. The van der Waals surface area contributed by atoms with E-state index >= 15 is 0 Å². The molecule has 5 nitrogen and oxygen atoms in total. The lowest BCUT2D eigenvalue weighted by molar-refractivity contribution is 0.0728. The number of hydrogen-bond donors (Lipinski definition) is 1. The van der Waals surface area contributed by atoms with Crippen molar-refractivity contribution in [2.75, 3.05) is 18.4 Å². The second-order valence-electron chi connectivity index (χ2n) is 6.99. The van der Waals surface area contributed by atoms with Gasteiger partial charge in [0.15, 0.2) is 11.5 Å². The normalized spacial score (nSPS) is 16.8. The van der Waals surface area contributed by atoms with E-state index < -0.39 is 0 Å². The molecule has 2 aliphatic heterocycles. The van der Waals surface area contributed by atoms with Crippen LogP contribution in [0, 0.1) is 0 Å². The molecule has 1 unspecified atom stereocenters. The zero-order valence-electron chi connectivity index (χ0n) is 15.9. The Morgan fingerprint density at radius 3 is 2.79 bits per heavy atom. The van der Waals surface area contributed by atoms with Gasteiger partial charge in [-0.25, -0.2) is 0 Å². The molecule has 0 radical (unpaired) electrons. The number of amides is 1. The lowest BCUT2D eigenvalue weighted by atomic mass is 10.1. The number of rotatable bonds is 5. The molecule has 1 amide bonds. The standard InChI is InChI=1S/C23H20N2O3S/c1-29-17-6-4-5-16(12-17)24-22-18-7-2-3-8-19(18)23(26)25(22)13-15-9-10-20-21(11-15)28-14-27-20/h2-12,22,24H,13-14H2,1H3. The molecule has 29 heavy (non-hydrogen) atoms. The Morgan fingerprint density at radius 2 is 1.90 bits per heavy atom. The number of ether oxygens (including phenoxy) is 2. The van der Waals surface area contributed by atoms with Crippen LogP contribution in [-0.4, -0.2) is 23.9 Å². The van der Waals surface area contributed by atoms with E-state index in [2.05, 4.69) is 23.7 Å². The van der Waals surface area contributed by atoms with Gasteiger partial charge >= 0.3 is 0 Å². The van der Waals surface area contributed by atoms with Crippen LogP contribution in [0.15, 0.2) is 71.6 Å². The average Bonchev–Trinajstić information content (AvgIpc) is 3.32. The molecular weight excluding hydrogens is 384 g/mol. The largest absolute Gasteiger partial charge is 0.454 e. The molecule has 146 valence electrons. The molecule has 3 aromatic carbocycles. The van der Waals surface area contributed by atoms with Crippen LogP contribution in [0.5, 0.6) is 11.5 Å². The average molecular weight is 404 g/mol. The molecule has 0 saturated carbocycles. The fraction of sp³-hybridized carbons (Fsp3) is 0.174. The minimum Gasteiger partial charge on any atom is -0.454 e. The highest BCUT2D eigenvalue weighted by Crippen LogP contribution is 2.38. The van der Waals surface area contributed by atoms with Gasteiger partial charge in [-0.1, -0.05) is 30.3 Å². The SMILES string of the molecule is CSc1cccc(NC2c3ccccc3C(=O)N2Cc2ccc3c(c2)OCO3)c1. The topological polar surface area (TPSA) is 50.8 Å². The van der Waals surface area contributed by atoms with Crippen LogP contribution in [-0.2, 0) is 6.54 Å². The number of fused-ring (bicyclic) bond motifs is 2. The van der Waals surface area contributed by atoms with E-state index in [0.717, 1.165) is 33.9 Å². The highest BCUT2D eigenvalue weighted by molar-refractivity contribution is 7.98. The van der Waals surface area contributed by atoms with Gasteiger partial charge in [0, 0.05) is 28.3 Å². The smallest absolute Gasteiger partial charge is 0.256 e. The van der Waals surface area contributed by atoms with Gasteiger partial charge < -0.3 is 19.7 Å². The van der Waals surface area contributed by atoms with Gasteiger partial charge in [0.05, 0.1) is 0 Å². The summed E-state index contributed by atoms with van der Waals surface area (Å²) >= 11 is 1.70. The number of nitrogens with zero attached hydrogens (tertiary/aromatic N) is 1. The summed E-state index contributed by atoms with van der Waals surface area (Å²) in [6, 6.07) is 21.9. The number of anilines is 1. The third kappa shape index (κ3) is 3.29. The second kappa shape index (κ2) is 7.37. The summed E-state index contributed by atoms with van der Waals surface area (Å²) in [6.45, 7) is 0.715. The van der Waals surface area contributed by atoms with E-state index in [4.69, 9.17) is 9.47 Å². The van der Waals surface area contributed by atoms with Crippen molar-refractivity contribution in [3.63, 3.8) is 0 Å². The first kappa shape index (κ1) is 17.9. The second-order valence-corrected chi connectivity index (χ2v) is 7.87. The lowest BCUT2D eigenvalue weighted by Gasteiger charge is -2.27. The lowest BCUT2D eigenvalue weighted by Crippen LogP contribution is -2.31. The van der Waals surface area contributed by atoms with Crippen molar-refractivity contribution >= 4 is 23.4 Å². The molecule has 1 atom stereocenters. The molecule has 2 heterocycles. The van der Waals surface area contributed by atoms with E-state index in [1.54, 1.807) is 11.8 Å². The van der Waals surface area contributed by atoms with Crippen molar-refractivity contribution < 1.29 is 14.3 Å². The number of carbonyl (C=O) groups is 1. The van der Waals surface area contributed by atoms with Crippen LogP contribution in [0.3, 0.4) is 0 Å². The van der Waals surface area contributed by atoms with Crippen molar-refractivity contribution in [2.24, 2.45) is 0 Å². The van der Waals surface area contributed by atoms with Gasteiger partial charge in [0.25, 0.3) is 5.91 Å². The summed E-state index contributed by atoms with van der Waals surface area (Å²) in [5.74, 6) is 1.49. The number of hydrogen-bond acceptors (Lipinski definition) is 5. The van der Waals surface area contributed by atoms with Crippen molar-refractivity contribution in [2.45, 2.75) is 17.6 Å². The van der Waals surface area contributed by atoms with Gasteiger partial charge in [-0.05, 0) is 48.2 Å². The Hall–Kier alpha value is -3.12. The minimum atomic E-state index is -0.235. The van der Waals surface area contributed by atoms with Crippen LogP contribution in [0.2, 0.25) is 0 Å². The van der Waals surface area contributed by atoms with Gasteiger partial charge in [0.2, 0.25) is 6.79 Å². The highest BCUT2D eigenvalue weighted by Gasteiger charge is 2.36. The Labute approximate surface area is 173 Å². The number of benzene rings is 3.